The first kappa shape index (κ1) is 31.5. The molecule has 220 valence electrons. The second-order valence-electron chi connectivity index (χ2n) is 9.93. The Morgan fingerprint density at radius 2 is 1.61 bits per heavy atom. The lowest BCUT2D eigenvalue weighted by atomic mass is 9.84. The quantitative estimate of drug-likeness (QED) is 0.447. The third-order valence-corrected chi connectivity index (χ3v) is 7.39. The molecule has 0 aliphatic carbocycles. The number of rotatable bonds is 8. The van der Waals surface area contributed by atoms with Crippen molar-refractivity contribution in [2.24, 2.45) is 5.73 Å². The summed E-state index contributed by atoms with van der Waals surface area (Å²) in [7, 11) is 0. The van der Waals surface area contributed by atoms with Crippen molar-refractivity contribution in [2.45, 2.75) is 62.8 Å². The summed E-state index contributed by atoms with van der Waals surface area (Å²) in [4.78, 5) is 36.8. The molecule has 2 aliphatic rings. The highest BCUT2D eigenvalue weighted by molar-refractivity contribution is 5.92. The number of halogens is 5. The van der Waals surface area contributed by atoms with Gasteiger partial charge in [-0.3, -0.25) is 14.5 Å². The van der Waals surface area contributed by atoms with Gasteiger partial charge in [-0.2, -0.15) is 18.4 Å². The van der Waals surface area contributed by atoms with Gasteiger partial charge in [-0.1, -0.05) is 18.2 Å². The van der Waals surface area contributed by atoms with Gasteiger partial charge in [-0.25, -0.2) is 13.6 Å². The van der Waals surface area contributed by atoms with E-state index in [1.54, 1.807) is 6.07 Å². The molecule has 0 saturated carbocycles. The van der Waals surface area contributed by atoms with Crippen LogP contribution in [0.5, 0.6) is 0 Å². The average Bonchev–Trinajstić information content (AvgIpc) is 3.14. The average molecular weight is 581 g/mol. The van der Waals surface area contributed by atoms with Crippen LogP contribution in [0.4, 0.5) is 22.0 Å². The first-order valence-corrected chi connectivity index (χ1v) is 12.8. The Labute approximate surface area is 233 Å². The Balaban J connectivity index is 0.000000587. The number of carbonyl (C=O) groups is 3. The van der Waals surface area contributed by atoms with Crippen molar-refractivity contribution in [3.8, 4) is 6.07 Å². The summed E-state index contributed by atoms with van der Waals surface area (Å²) in [5, 5.41) is 16.1. The van der Waals surface area contributed by atoms with Crippen molar-refractivity contribution >= 4 is 17.8 Å². The Morgan fingerprint density at radius 1 is 1.05 bits per heavy atom. The van der Waals surface area contributed by atoms with Crippen LogP contribution in [0.3, 0.4) is 0 Å². The minimum atomic E-state index is -5.08. The maximum Gasteiger partial charge on any atom is 0.490 e. The van der Waals surface area contributed by atoms with E-state index in [2.05, 4.69) is 4.90 Å². The van der Waals surface area contributed by atoms with Crippen molar-refractivity contribution < 1.29 is 41.4 Å². The molecule has 0 aromatic heterocycles. The molecule has 2 amide bonds. The van der Waals surface area contributed by atoms with Crippen molar-refractivity contribution in [3.63, 3.8) is 0 Å². The van der Waals surface area contributed by atoms with Crippen LogP contribution in [0.1, 0.15) is 59.5 Å². The summed E-state index contributed by atoms with van der Waals surface area (Å²) in [5.41, 5.74) is 6.91. The molecule has 41 heavy (non-hydrogen) atoms. The number of fused-ring (bicyclic) bond motifs is 2. The maximum atomic E-state index is 14.2. The zero-order valence-electron chi connectivity index (χ0n) is 21.9. The summed E-state index contributed by atoms with van der Waals surface area (Å²) >= 11 is 0. The highest BCUT2D eigenvalue weighted by atomic mass is 19.4. The number of aliphatic carboxylic acids is 1. The van der Waals surface area contributed by atoms with Gasteiger partial charge in [-0.15, -0.1) is 0 Å². The summed E-state index contributed by atoms with van der Waals surface area (Å²) in [6.07, 6.45) is -1.45. The molecule has 3 N–H and O–H groups in total. The van der Waals surface area contributed by atoms with Gasteiger partial charge in [0.05, 0.1) is 12.6 Å². The number of nitrogens with zero attached hydrogens (tertiary/aromatic N) is 3. The molecule has 4 rings (SSSR count). The minimum absolute atomic E-state index is 0.162. The topological polar surface area (TPSA) is 128 Å². The molecule has 3 atom stereocenters. The van der Waals surface area contributed by atoms with Gasteiger partial charge in [0.1, 0.15) is 18.1 Å². The minimum Gasteiger partial charge on any atom is -0.475 e. The molecule has 2 aliphatic heterocycles. The largest absolute Gasteiger partial charge is 0.490 e. The number of nitriles is 1. The molecule has 8 nitrogen and oxygen atoms in total. The van der Waals surface area contributed by atoms with E-state index in [1.165, 1.54) is 23.1 Å². The van der Waals surface area contributed by atoms with Gasteiger partial charge < -0.3 is 15.7 Å². The zero-order valence-corrected chi connectivity index (χ0v) is 21.9. The predicted octanol–water partition coefficient (Wildman–Crippen LogP) is 4.35. The number of alkyl halides is 3. The molecule has 2 heterocycles. The highest BCUT2D eigenvalue weighted by Crippen LogP contribution is 2.43. The molecule has 1 unspecified atom stereocenters. The molecular formula is C28H29F5N4O4. The lowest BCUT2D eigenvalue weighted by molar-refractivity contribution is -0.192. The van der Waals surface area contributed by atoms with Gasteiger partial charge in [0, 0.05) is 36.3 Å². The van der Waals surface area contributed by atoms with Gasteiger partial charge in [0.25, 0.3) is 0 Å². The van der Waals surface area contributed by atoms with E-state index in [1.807, 2.05) is 24.3 Å². The zero-order chi connectivity index (χ0) is 30.3. The number of benzene rings is 2. The third kappa shape index (κ3) is 8.23. The Kier molecular flexibility index (Phi) is 10.4. The van der Waals surface area contributed by atoms with Crippen molar-refractivity contribution in [2.75, 3.05) is 13.1 Å². The van der Waals surface area contributed by atoms with E-state index >= 15 is 0 Å². The van der Waals surface area contributed by atoms with Gasteiger partial charge in [0.2, 0.25) is 11.8 Å². The number of hydrogen-bond donors (Lipinski definition) is 2. The van der Waals surface area contributed by atoms with Crippen molar-refractivity contribution in [1.29, 1.82) is 5.26 Å². The van der Waals surface area contributed by atoms with E-state index < -0.39 is 35.6 Å². The van der Waals surface area contributed by atoms with Crippen LogP contribution in [0.2, 0.25) is 0 Å². The highest BCUT2D eigenvalue weighted by Gasteiger charge is 2.41. The van der Waals surface area contributed by atoms with Gasteiger partial charge in [0.15, 0.2) is 0 Å². The van der Waals surface area contributed by atoms with Crippen LogP contribution >= 0.6 is 0 Å². The number of hydrogen-bond acceptors (Lipinski definition) is 5. The van der Waals surface area contributed by atoms with Gasteiger partial charge >= 0.3 is 12.1 Å². The monoisotopic (exact) mass is 580 g/mol. The number of piperidine rings is 1. The standard InChI is InChI=1S/C26H28F2N4O2.C2HF3O2/c27-23-5-2-6-24(28)22(23)16-31(25(33)9-10-29)11-12-32-20-7-8-21(32)15-19(14-20)17-3-1-4-18(13-17)26(30)34;3-2(4,5)1(6)7/h1-6,13,19-21H,7-9,11-12,14-16H2,(H2,30,34);(H,6,7)/t19?,20-,21+;. The Morgan fingerprint density at radius 3 is 2.12 bits per heavy atom. The molecule has 2 fully saturated rings. The molecular weight excluding hydrogens is 551 g/mol. The third-order valence-electron chi connectivity index (χ3n) is 7.39. The van der Waals surface area contributed by atoms with E-state index in [9.17, 15) is 31.5 Å². The van der Waals surface area contributed by atoms with Crippen LogP contribution in [0.15, 0.2) is 42.5 Å². The van der Waals surface area contributed by atoms with Crippen LogP contribution in [-0.4, -0.2) is 64.0 Å². The number of amides is 2. The lowest BCUT2D eigenvalue weighted by Crippen LogP contribution is -2.46. The first-order valence-electron chi connectivity index (χ1n) is 12.8. The van der Waals surface area contributed by atoms with Gasteiger partial charge in [-0.05, 0) is 61.4 Å². The van der Waals surface area contributed by atoms with E-state index in [4.69, 9.17) is 20.9 Å². The molecule has 2 saturated heterocycles. The normalized spacial score (nSPS) is 20.0. The summed E-state index contributed by atoms with van der Waals surface area (Å²) in [5.74, 6) is -4.70. The predicted molar refractivity (Wildman–Crippen MR) is 136 cm³/mol. The second kappa shape index (κ2) is 13.5. The fourth-order valence-corrected chi connectivity index (χ4v) is 5.44. The number of nitrogens with two attached hydrogens (primary N) is 1. The Bertz CT molecular complexity index is 1280. The van der Waals surface area contributed by atoms with Crippen LogP contribution in [-0.2, 0) is 16.1 Å². The fraction of sp³-hybridized carbons (Fsp3) is 0.429. The summed E-state index contributed by atoms with van der Waals surface area (Å²) in [6.45, 7) is 0.671. The Hall–Kier alpha value is -4.05. The molecule has 13 heteroatoms. The smallest absolute Gasteiger partial charge is 0.475 e. The van der Waals surface area contributed by atoms with E-state index in [0.29, 0.717) is 36.7 Å². The van der Waals surface area contributed by atoms with Crippen molar-refractivity contribution in [3.05, 3.63) is 70.8 Å². The van der Waals surface area contributed by atoms with E-state index in [-0.39, 0.29) is 18.5 Å². The number of carboxylic acids is 1. The lowest BCUT2D eigenvalue weighted by Gasteiger charge is -2.40. The van der Waals surface area contributed by atoms with Crippen LogP contribution < -0.4 is 5.73 Å². The summed E-state index contributed by atoms with van der Waals surface area (Å²) < 4.78 is 60.1. The molecule has 0 spiro atoms. The first-order chi connectivity index (χ1) is 19.3. The van der Waals surface area contributed by atoms with Crippen molar-refractivity contribution in [1.82, 2.24) is 9.80 Å². The molecule has 2 aromatic carbocycles. The van der Waals surface area contributed by atoms with Crippen LogP contribution in [0, 0.1) is 23.0 Å². The second-order valence-corrected chi connectivity index (χ2v) is 9.93. The molecule has 0 radical (unpaired) electrons. The molecule has 2 aromatic rings. The summed E-state index contributed by atoms with van der Waals surface area (Å²) in [6, 6.07) is 13.6. The van der Waals surface area contributed by atoms with Crippen LogP contribution in [0.25, 0.3) is 0 Å². The van der Waals surface area contributed by atoms with E-state index in [0.717, 1.165) is 31.2 Å². The SMILES string of the molecule is N#CCC(=O)N(CCN1[C@@H]2CC[C@H]1CC(c1cccc(C(N)=O)c1)C2)Cc1c(F)cccc1F.O=C(O)C(F)(F)F. The fourth-order valence-electron chi connectivity index (χ4n) is 5.44. The number of carbonyl (C=O) groups excluding carboxylic acids is 2. The maximum absolute atomic E-state index is 14.2. The number of primary amides is 1. The number of carboxylic acid groups (broad SMARTS) is 1. The molecule has 2 bridgehead atoms.